The molecule has 1 aliphatic heterocycles. The van der Waals surface area contributed by atoms with Crippen LogP contribution < -0.4 is 4.90 Å². The zero-order chi connectivity index (χ0) is 14.8. The highest BCUT2D eigenvalue weighted by Gasteiger charge is 2.55. The number of nitrogens with zero attached hydrogens (tertiary/aromatic N) is 2. The van der Waals surface area contributed by atoms with Crippen molar-refractivity contribution in [2.75, 3.05) is 18.1 Å². The van der Waals surface area contributed by atoms with Gasteiger partial charge < -0.3 is 14.4 Å². The lowest BCUT2D eigenvalue weighted by molar-refractivity contribution is -0.133. The van der Waals surface area contributed by atoms with Crippen molar-refractivity contribution in [1.82, 2.24) is 0 Å². The fraction of sp³-hybridized carbons (Fsp3) is 0.357. The smallest absolute Gasteiger partial charge is 0.435 e. The molecule has 1 aromatic carbocycles. The van der Waals surface area contributed by atoms with Gasteiger partial charge in [0.15, 0.2) is 0 Å². The molecule has 0 saturated carbocycles. The number of nitriles is 1. The van der Waals surface area contributed by atoms with Crippen LogP contribution in [0.5, 0.6) is 0 Å². The summed E-state index contributed by atoms with van der Waals surface area (Å²) < 4.78 is 9.73. The summed E-state index contributed by atoms with van der Waals surface area (Å²) in [4.78, 5) is 25.4. The Bertz CT molecular complexity index is 593. The summed E-state index contributed by atoms with van der Waals surface area (Å²) >= 11 is 0. The van der Waals surface area contributed by atoms with Gasteiger partial charge in [-0.2, -0.15) is 5.26 Å². The summed E-state index contributed by atoms with van der Waals surface area (Å²) in [5.74, 6) is -0.572. The number of benzene rings is 1. The van der Waals surface area contributed by atoms with E-state index in [0.717, 1.165) is 0 Å². The maximum absolute atomic E-state index is 12.5. The molecule has 104 valence electrons. The molecule has 1 unspecified atom stereocenters. The van der Waals surface area contributed by atoms with Crippen molar-refractivity contribution < 1.29 is 19.1 Å². The maximum Gasteiger partial charge on any atom is 0.510 e. The lowest BCUT2D eigenvalue weighted by Crippen LogP contribution is -2.42. The van der Waals surface area contributed by atoms with E-state index >= 15 is 0 Å². The average molecular weight is 274 g/mol. The topological polar surface area (TPSA) is 79.6 Å². The van der Waals surface area contributed by atoms with Crippen LogP contribution in [-0.4, -0.2) is 25.2 Å². The van der Waals surface area contributed by atoms with Gasteiger partial charge in [-0.25, -0.2) is 4.79 Å². The molecule has 1 aromatic rings. The number of amides is 1. The van der Waals surface area contributed by atoms with Gasteiger partial charge in [0, 0.05) is 12.1 Å². The molecule has 0 aromatic heterocycles. The summed E-state index contributed by atoms with van der Waals surface area (Å²) in [6, 6.07) is 8.58. The molecule has 0 bridgehead atoms. The van der Waals surface area contributed by atoms with E-state index in [9.17, 15) is 14.9 Å². The number of hydrogen-bond acceptors (Lipinski definition) is 5. The van der Waals surface area contributed by atoms with Crippen LogP contribution in [0.4, 0.5) is 10.5 Å². The van der Waals surface area contributed by atoms with Crippen LogP contribution in [0.15, 0.2) is 24.3 Å². The molecule has 0 N–H and O–H groups in total. The van der Waals surface area contributed by atoms with Gasteiger partial charge in [0.2, 0.25) is 0 Å². The van der Waals surface area contributed by atoms with Crippen LogP contribution in [0.2, 0.25) is 0 Å². The molecule has 6 heteroatoms. The van der Waals surface area contributed by atoms with Crippen LogP contribution in [0.3, 0.4) is 0 Å². The predicted octanol–water partition coefficient (Wildman–Crippen LogP) is 1.95. The molecule has 0 spiro atoms. The van der Waals surface area contributed by atoms with Gasteiger partial charge in [-0.3, -0.25) is 4.79 Å². The molecule has 1 aliphatic rings. The molecule has 0 aliphatic carbocycles. The lowest BCUT2D eigenvalue weighted by atomic mass is 9.97. The third-order valence-electron chi connectivity index (χ3n) is 3.09. The molecule has 1 amide bonds. The van der Waals surface area contributed by atoms with E-state index in [2.05, 4.69) is 4.74 Å². The van der Waals surface area contributed by atoms with Crippen molar-refractivity contribution in [1.29, 1.82) is 5.26 Å². The number of anilines is 1. The van der Waals surface area contributed by atoms with E-state index in [1.54, 1.807) is 38.1 Å². The Kier molecular flexibility index (Phi) is 3.61. The van der Waals surface area contributed by atoms with Crippen LogP contribution in [0.1, 0.15) is 19.4 Å². The summed E-state index contributed by atoms with van der Waals surface area (Å²) in [6.45, 7) is 3.88. The minimum Gasteiger partial charge on any atom is -0.435 e. The van der Waals surface area contributed by atoms with Gasteiger partial charge in [0.05, 0.1) is 12.3 Å². The van der Waals surface area contributed by atoms with Gasteiger partial charge in [-0.15, -0.1) is 0 Å². The van der Waals surface area contributed by atoms with Crippen LogP contribution in [0.25, 0.3) is 0 Å². The number of carbonyl (C=O) groups is 2. The zero-order valence-corrected chi connectivity index (χ0v) is 11.3. The molecule has 1 heterocycles. The second-order valence-electron chi connectivity index (χ2n) is 4.14. The van der Waals surface area contributed by atoms with E-state index < -0.39 is 17.7 Å². The summed E-state index contributed by atoms with van der Waals surface area (Å²) in [7, 11) is 0. The Morgan fingerprint density at radius 2 is 2.10 bits per heavy atom. The Balaban J connectivity index is 2.51. The van der Waals surface area contributed by atoms with Crippen LogP contribution >= 0.6 is 0 Å². The van der Waals surface area contributed by atoms with Crippen molar-refractivity contribution in [3.05, 3.63) is 29.8 Å². The maximum atomic E-state index is 12.5. The molecule has 1 atom stereocenters. The Labute approximate surface area is 116 Å². The molecule has 0 saturated heterocycles. The number of hydrogen-bond donors (Lipinski definition) is 0. The second-order valence-corrected chi connectivity index (χ2v) is 4.14. The molecule has 2 rings (SSSR count). The van der Waals surface area contributed by atoms with Gasteiger partial charge >= 0.3 is 11.8 Å². The molecular formula is C14H14N2O4. The largest absolute Gasteiger partial charge is 0.510 e. The first kappa shape index (κ1) is 13.9. The monoisotopic (exact) mass is 274 g/mol. The number of ether oxygens (including phenoxy) is 2. The van der Waals surface area contributed by atoms with E-state index in [1.807, 2.05) is 6.07 Å². The van der Waals surface area contributed by atoms with Gasteiger partial charge in [0.1, 0.15) is 6.07 Å². The van der Waals surface area contributed by atoms with Crippen molar-refractivity contribution in [3.8, 4) is 6.07 Å². The number of rotatable bonds is 3. The highest BCUT2D eigenvalue weighted by Crippen LogP contribution is 2.42. The molecule has 0 fully saturated rings. The Morgan fingerprint density at radius 3 is 2.70 bits per heavy atom. The minimum atomic E-state index is -1.96. The van der Waals surface area contributed by atoms with Crippen molar-refractivity contribution in [2.24, 2.45) is 0 Å². The van der Waals surface area contributed by atoms with Crippen molar-refractivity contribution in [2.45, 2.75) is 19.4 Å². The van der Waals surface area contributed by atoms with E-state index in [0.29, 0.717) is 17.8 Å². The van der Waals surface area contributed by atoms with Crippen molar-refractivity contribution >= 4 is 17.7 Å². The molecular weight excluding hydrogens is 260 g/mol. The fourth-order valence-electron chi connectivity index (χ4n) is 2.24. The number of carbonyl (C=O) groups excluding carboxylic acids is 2. The lowest BCUT2D eigenvalue weighted by Gasteiger charge is -2.20. The highest BCUT2D eigenvalue weighted by molar-refractivity contribution is 6.09. The fourth-order valence-corrected chi connectivity index (χ4v) is 2.24. The Hall–Kier alpha value is -2.55. The first-order valence-corrected chi connectivity index (χ1v) is 6.29. The quantitative estimate of drug-likeness (QED) is 0.787. The molecule has 20 heavy (non-hydrogen) atoms. The number of likely N-dealkylation sites (N-methyl/N-ethyl adjacent to an activating group) is 1. The van der Waals surface area contributed by atoms with E-state index in [-0.39, 0.29) is 6.61 Å². The summed E-state index contributed by atoms with van der Waals surface area (Å²) in [5.41, 5.74) is -1.02. The van der Waals surface area contributed by atoms with Crippen LogP contribution in [-0.2, 0) is 19.9 Å². The summed E-state index contributed by atoms with van der Waals surface area (Å²) in [6.07, 6.45) is -1.03. The summed E-state index contributed by atoms with van der Waals surface area (Å²) in [5, 5.41) is 9.43. The Morgan fingerprint density at radius 1 is 1.40 bits per heavy atom. The number of para-hydroxylation sites is 1. The normalized spacial score (nSPS) is 20.2. The predicted molar refractivity (Wildman–Crippen MR) is 69.9 cm³/mol. The standard InChI is InChI=1S/C14H14N2O4/c1-3-16-11-8-6-5-7-10(11)14(9-15,12(16)17)20-13(18)19-4-2/h5-8H,3-4H2,1-2H3. The zero-order valence-electron chi connectivity index (χ0n) is 11.3. The first-order valence-electron chi connectivity index (χ1n) is 6.29. The van der Waals surface area contributed by atoms with Gasteiger partial charge in [-0.05, 0) is 19.9 Å². The second kappa shape index (κ2) is 5.21. The minimum absolute atomic E-state index is 0.105. The van der Waals surface area contributed by atoms with Gasteiger partial charge in [-0.1, -0.05) is 18.2 Å². The first-order chi connectivity index (χ1) is 9.60. The molecule has 6 nitrogen and oxygen atoms in total. The SMILES string of the molecule is CCOC(=O)OC1(C#N)C(=O)N(CC)c2ccccc21. The molecule has 0 radical (unpaired) electrons. The van der Waals surface area contributed by atoms with Gasteiger partial charge in [0.25, 0.3) is 5.91 Å². The van der Waals surface area contributed by atoms with Crippen LogP contribution in [0, 0.1) is 11.3 Å². The third-order valence-corrected chi connectivity index (χ3v) is 3.09. The number of fused-ring (bicyclic) bond motifs is 1. The average Bonchev–Trinajstić information content (AvgIpc) is 2.69. The van der Waals surface area contributed by atoms with Crippen molar-refractivity contribution in [3.63, 3.8) is 0 Å². The highest BCUT2D eigenvalue weighted by atomic mass is 16.7. The van der Waals surface area contributed by atoms with E-state index in [4.69, 9.17) is 4.74 Å². The van der Waals surface area contributed by atoms with E-state index in [1.165, 1.54) is 4.90 Å². The third kappa shape index (κ3) is 1.88.